The molecule has 0 aromatic heterocycles. The van der Waals surface area contributed by atoms with Gasteiger partial charge in [0, 0.05) is 13.1 Å². The van der Waals surface area contributed by atoms with Crippen molar-refractivity contribution in [3.8, 4) is 0 Å². The summed E-state index contributed by atoms with van der Waals surface area (Å²) in [4.78, 5) is 24.6. The molecule has 0 aliphatic rings. The van der Waals surface area contributed by atoms with Crippen LogP contribution in [0.1, 0.15) is 60.8 Å². The highest BCUT2D eigenvalue weighted by Gasteiger charge is 2.27. The number of hydrogen-bond acceptors (Lipinski definition) is 4. The number of carbonyl (C=O) groups excluding carboxylic acids is 1. The topological polar surface area (TPSA) is 76.1 Å². The fourth-order valence-corrected chi connectivity index (χ4v) is 2.05. The SMILES string of the molecule is CCC(C[C@@H](CC)O[C@H](C)C(=O)O)N(C)C(=O)OC(C)(C)C. The minimum Gasteiger partial charge on any atom is -0.479 e. The average Bonchev–Trinajstić information content (AvgIpc) is 2.40. The number of ether oxygens (including phenoxy) is 2. The molecule has 1 unspecified atom stereocenters. The molecule has 0 fully saturated rings. The maximum atomic E-state index is 12.1. The minimum absolute atomic E-state index is 0.0548. The zero-order valence-corrected chi connectivity index (χ0v) is 14.9. The van der Waals surface area contributed by atoms with Crippen molar-refractivity contribution < 1.29 is 24.2 Å². The molecule has 3 atom stereocenters. The predicted molar refractivity (Wildman–Crippen MR) is 85.0 cm³/mol. The molecular formula is C16H31NO5. The molecule has 22 heavy (non-hydrogen) atoms. The van der Waals surface area contributed by atoms with Crippen LogP contribution in [0, 0.1) is 0 Å². The van der Waals surface area contributed by atoms with Gasteiger partial charge in [-0.05, 0) is 47.0 Å². The molecule has 0 aliphatic heterocycles. The van der Waals surface area contributed by atoms with E-state index in [9.17, 15) is 9.59 Å². The molecular weight excluding hydrogens is 286 g/mol. The summed E-state index contributed by atoms with van der Waals surface area (Å²) in [6, 6.07) is -0.0548. The van der Waals surface area contributed by atoms with Crippen molar-refractivity contribution >= 4 is 12.1 Å². The first-order valence-corrected chi connectivity index (χ1v) is 7.85. The van der Waals surface area contributed by atoms with Gasteiger partial charge in [-0.25, -0.2) is 9.59 Å². The number of carbonyl (C=O) groups is 2. The number of carboxylic acid groups (broad SMARTS) is 1. The number of rotatable bonds is 8. The quantitative estimate of drug-likeness (QED) is 0.743. The Morgan fingerprint density at radius 2 is 1.73 bits per heavy atom. The van der Waals surface area contributed by atoms with Gasteiger partial charge in [-0.2, -0.15) is 0 Å². The molecule has 6 nitrogen and oxygen atoms in total. The molecule has 0 aromatic rings. The molecule has 130 valence electrons. The van der Waals surface area contributed by atoms with Crippen LogP contribution in [0.3, 0.4) is 0 Å². The molecule has 1 N–H and O–H groups in total. The van der Waals surface area contributed by atoms with Crippen molar-refractivity contribution in [3.05, 3.63) is 0 Å². The van der Waals surface area contributed by atoms with Gasteiger partial charge in [0.1, 0.15) is 5.60 Å². The molecule has 0 aliphatic carbocycles. The second kappa shape index (κ2) is 8.98. The molecule has 0 aromatic carbocycles. The van der Waals surface area contributed by atoms with E-state index < -0.39 is 17.7 Å². The van der Waals surface area contributed by atoms with Gasteiger partial charge < -0.3 is 19.5 Å². The Kier molecular flexibility index (Phi) is 8.45. The summed E-state index contributed by atoms with van der Waals surface area (Å²) in [5, 5.41) is 8.93. The molecule has 1 amide bonds. The maximum Gasteiger partial charge on any atom is 0.410 e. The molecule has 0 saturated heterocycles. The lowest BCUT2D eigenvalue weighted by molar-refractivity contribution is -0.153. The second-order valence-electron chi connectivity index (χ2n) is 6.54. The summed E-state index contributed by atoms with van der Waals surface area (Å²) < 4.78 is 10.9. The van der Waals surface area contributed by atoms with Gasteiger partial charge in [0.15, 0.2) is 6.10 Å². The molecule has 0 radical (unpaired) electrons. The Bertz CT molecular complexity index is 364. The van der Waals surface area contributed by atoms with Gasteiger partial charge in [-0.1, -0.05) is 13.8 Å². The Labute approximate surface area is 133 Å². The van der Waals surface area contributed by atoms with Crippen LogP contribution in [0.4, 0.5) is 4.79 Å². The van der Waals surface area contributed by atoms with Gasteiger partial charge in [-0.3, -0.25) is 0 Å². The van der Waals surface area contributed by atoms with E-state index in [4.69, 9.17) is 14.6 Å². The average molecular weight is 317 g/mol. The molecule has 6 heteroatoms. The second-order valence-corrected chi connectivity index (χ2v) is 6.54. The lowest BCUT2D eigenvalue weighted by atomic mass is 10.0. The number of nitrogens with zero attached hydrogens (tertiary/aromatic N) is 1. The zero-order chi connectivity index (χ0) is 17.5. The Hall–Kier alpha value is -1.30. The van der Waals surface area contributed by atoms with Crippen molar-refractivity contribution in [2.45, 2.75) is 84.7 Å². The van der Waals surface area contributed by atoms with Crippen LogP contribution >= 0.6 is 0 Å². The summed E-state index contributed by atoms with van der Waals surface area (Å²) >= 11 is 0. The minimum atomic E-state index is -0.980. The number of amides is 1. The first kappa shape index (κ1) is 20.7. The van der Waals surface area contributed by atoms with Crippen LogP contribution in [-0.4, -0.2) is 53.0 Å². The van der Waals surface area contributed by atoms with Crippen molar-refractivity contribution in [2.24, 2.45) is 0 Å². The summed E-state index contributed by atoms with van der Waals surface area (Å²) in [6.07, 6.45) is 0.587. The Morgan fingerprint density at radius 3 is 2.09 bits per heavy atom. The lowest BCUT2D eigenvalue weighted by Crippen LogP contribution is -2.42. The summed E-state index contributed by atoms with van der Waals surface area (Å²) in [5.41, 5.74) is -0.540. The van der Waals surface area contributed by atoms with Gasteiger partial charge in [-0.15, -0.1) is 0 Å². The van der Waals surface area contributed by atoms with Gasteiger partial charge in [0.05, 0.1) is 6.10 Å². The van der Waals surface area contributed by atoms with E-state index in [0.717, 1.165) is 6.42 Å². The van der Waals surface area contributed by atoms with E-state index >= 15 is 0 Å². The largest absolute Gasteiger partial charge is 0.479 e. The van der Waals surface area contributed by atoms with E-state index in [-0.39, 0.29) is 18.2 Å². The first-order chi connectivity index (χ1) is 10.0. The number of hydrogen-bond donors (Lipinski definition) is 1. The fourth-order valence-electron chi connectivity index (χ4n) is 2.05. The van der Waals surface area contributed by atoms with Crippen molar-refractivity contribution in [3.63, 3.8) is 0 Å². The highest BCUT2D eigenvalue weighted by atomic mass is 16.6. The smallest absolute Gasteiger partial charge is 0.410 e. The summed E-state index contributed by atoms with van der Waals surface area (Å²) in [5.74, 6) is -0.980. The Balaban J connectivity index is 4.73. The number of carboxylic acids is 1. The van der Waals surface area contributed by atoms with Crippen LogP contribution in [0.15, 0.2) is 0 Å². The highest BCUT2D eigenvalue weighted by Crippen LogP contribution is 2.18. The first-order valence-electron chi connectivity index (χ1n) is 7.85. The molecule has 0 heterocycles. The molecule has 0 spiro atoms. The van der Waals surface area contributed by atoms with Gasteiger partial charge in [0.25, 0.3) is 0 Å². The molecule has 0 rings (SSSR count). The summed E-state index contributed by atoms with van der Waals surface area (Å²) in [7, 11) is 1.70. The summed E-state index contributed by atoms with van der Waals surface area (Å²) in [6.45, 7) is 10.9. The third kappa shape index (κ3) is 7.64. The van der Waals surface area contributed by atoms with Crippen molar-refractivity contribution in [2.75, 3.05) is 7.05 Å². The monoisotopic (exact) mass is 317 g/mol. The van der Waals surface area contributed by atoms with Crippen LogP contribution < -0.4 is 0 Å². The lowest BCUT2D eigenvalue weighted by Gasteiger charge is -2.32. The zero-order valence-electron chi connectivity index (χ0n) is 14.9. The van der Waals surface area contributed by atoms with Crippen LogP contribution in [-0.2, 0) is 14.3 Å². The van der Waals surface area contributed by atoms with Crippen LogP contribution in [0.2, 0.25) is 0 Å². The van der Waals surface area contributed by atoms with E-state index in [1.54, 1.807) is 11.9 Å². The van der Waals surface area contributed by atoms with Crippen LogP contribution in [0.5, 0.6) is 0 Å². The fraction of sp³-hybridized carbons (Fsp3) is 0.875. The third-order valence-electron chi connectivity index (χ3n) is 3.44. The van der Waals surface area contributed by atoms with E-state index in [0.29, 0.717) is 12.8 Å². The van der Waals surface area contributed by atoms with Gasteiger partial charge >= 0.3 is 12.1 Å². The Morgan fingerprint density at radius 1 is 1.18 bits per heavy atom. The van der Waals surface area contributed by atoms with E-state index in [1.165, 1.54) is 6.92 Å². The van der Waals surface area contributed by atoms with E-state index in [1.807, 2.05) is 34.6 Å². The van der Waals surface area contributed by atoms with E-state index in [2.05, 4.69) is 0 Å². The standard InChI is InChI=1S/C16H31NO5/c1-8-12(17(7)15(20)22-16(4,5)6)10-13(9-2)21-11(3)14(18)19/h11-13H,8-10H2,1-7H3,(H,18,19)/t11-,12?,13-/m1/s1. The van der Waals surface area contributed by atoms with Crippen molar-refractivity contribution in [1.29, 1.82) is 0 Å². The van der Waals surface area contributed by atoms with Gasteiger partial charge in [0.2, 0.25) is 0 Å². The van der Waals surface area contributed by atoms with Crippen molar-refractivity contribution in [1.82, 2.24) is 4.90 Å². The highest BCUT2D eigenvalue weighted by molar-refractivity contribution is 5.71. The predicted octanol–water partition coefficient (Wildman–Crippen LogP) is 3.29. The number of aliphatic carboxylic acids is 1. The molecule has 0 saturated carbocycles. The third-order valence-corrected chi connectivity index (χ3v) is 3.44. The van der Waals surface area contributed by atoms with Crippen LogP contribution in [0.25, 0.3) is 0 Å². The maximum absolute atomic E-state index is 12.1. The molecule has 0 bridgehead atoms. The normalized spacial score (nSPS) is 15.8.